The molecule has 21 heavy (non-hydrogen) atoms. The van der Waals surface area contributed by atoms with Crippen molar-refractivity contribution < 1.29 is 4.74 Å². The maximum absolute atomic E-state index is 9.49. The van der Waals surface area contributed by atoms with Gasteiger partial charge in [-0.15, -0.1) is 0 Å². The molecule has 0 N–H and O–H groups in total. The van der Waals surface area contributed by atoms with Crippen LogP contribution in [0.1, 0.15) is 26.3 Å². The van der Waals surface area contributed by atoms with Crippen LogP contribution in [0.25, 0.3) is 11.1 Å². The molecule has 0 fully saturated rings. The molecule has 0 saturated heterocycles. The number of hydrogen-bond donors (Lipinski definition) is 0. The van der Waals surface area contributed by atoms with Crippen LogP contribution in [0, 0.1) is 17.2 Å². The summed E-state index contributed by atoms with van der Waals surface area (Å²) in [5.41, 5.74) is 2.64. The third kappa shape index (κ3) is 2.90. The second-order valence-corrected chi connectivity index (χ2v) is 5.66. The molecule has 0 amide bonds. The molecule has 1 aromatic heterocycles. The molecule has 3 nitrogen and oxygen atoms in total. The topological polar surface area (TPSA) is 45.9 Å². The van der Waals surface area contributed by atoms with Gasteiger partial charge in [-0.25, -0.2) is 0 Å². The molecule has 2 aromatic rings. The van der Waals surface area contributed by atoms with Gasteiger partial charge >= 0.3 is 0 Å². The molecule has 2 rings (SSSR count). The summed E-state index contributed by atoms with van der Waals surface area (Å²) in [5.74, 6) is 0.993. The highest BCUT2D eigenvalue weighted by Gasteiger charge is 2.30. The maximum atomic E-state index is 9.49. The first-order valence-electron chi connectivity index (χ1n) is 7.02. The van der Waals surface area contributed by atoms with Crippen LogP contribution in [0.4, 0.5) is 0 Å². The van der Waals surface area contributed by atoms with Crippen LogP contribution < -0.4 is 4.74 Å². The van der Waals surface area contributed by atoms with Crippen molar-refractivity contribution in [2.45, 2.75) is 26.2 Å². The fourth-order valence-corrected chi connectivity index (χ4v) is 2.22. The van der Waals surface area contributed by atoms with Gasteiger partial charge in [0.05, 0.1) is 24.8 Å². The van der Waals surface area contributed by atoms with E-state index in [1.807, 2.05) is 43.5 Å². The molecule has 0 radical (unpaired) electrons. The number of aromatic nitrogens is 1. The number of benzene rings is 1. The van der Waals surface area contributed by atoms with Crippen molar-refractivity contribution in [3.8, 4) is 22.9 Å². The Balaban J connectivity index is 2.37. The summed E-state index contributed by atoms with van der Waals surface area (Å²) in [4.78, 5) is 4.17. The van der Waals surface area contributed by atoms with Crippen LogP contribution in [0.3, 0.4) is 0 Å². The van der Waals surface area contributed by atoms with Gasteiger partial charge in [-0.2, -0.15) is 5.26 Å². The van der Waals surface area contributed by atoms with E-state index >= 15 is 0 Å². The van der Waals surface area contributed by atoms with Crippen LogP contribution in [-0.4, -0.2) is 12.1 Å². The average molecular weight is 280 g/mol. The molecule has 0 aliphatic heterocycles. The molecule has 1 aromatic carbocycles. The van der Waals surface area contributed by atoms with Crippen molar-refractivity contribution in [2.75, 3.05) is 7.11 Å². The lowest BCUT2D eigenvalue weighted by molar-refractivity contribution is 0.413. The van der Waals surface area contributed by atoms with Crippen molar-refractivity contribution in [1.82, 2.24) is 4.98 Å². The lowest BCUT2D eigenvalue weighted by atomic mass is 9.74. The molecule has 108 valence electrons. The van der Waals surface area contributed by atoms with E-state index in [1.54, 1.807) is 13.3 Å². The van der Waals surface area contributed by atoms with Crippen LogP contribution in [0.15, 0.2) is 42.7 Å². The van der Waals surface area contributed by atoms with Gasteiger partial charge in [-0.3, -0.25) is 4.98 Å². The molecular weight excluding hydrogens is 260 g/mol. The Morgan fingerprint density at radius 1 is 1.14 bits per heavy atom. The molecule has 1 heterocycles. The van der Waals surface area contributed by atoms with E-state index in [0.717, 1.165) is 22.4 Å². The zero-order chi connectivity index (χ0) is 15.5. The van der Waals surface area contributed by atoms with Crippen molar-refractivity contribution in [2.24, 2.45) is 5.92 Å². The number of methoxy groups -OCH3 is 1. The Labute approximate surface area is 126 Å². The van der Waals surface area contributed by atoms with Crippen LogP contribution in [-0.2, 0) is 5.41 Å². The molecule has 1 atom stereocenters. The number of nitrogens with zero attached hydrogens (tertiary/aromatic N) is 2. The lowest BCUT2D eigenvalue weighted by Gasteiger charge is -2.26. The van der Waals surface area contributed by atoms with Gasteiger partial charge in [0, 0.05) is 11.8 Å². The first-order valence-corrected chi connectivity index (χ1v) is 7.02. The highest BCUT2D eigenvalue weighted by atomic mass is 16.5. The van der Waals surface area contributed by atoms with Gasteiger partial charge in [0.25, 0.3) is 0 Å². The highest BCUT2D eigenvalue weighted by Crippen LogP contribution is 2.32. The van der Waals surface area contributed by atoms with Gasteiger partial charge in [0.1, 0.15) is 5.75 Å². The van der Waals surface area contributed by atoms with E-state index < -0.39 is 5.41 Å². The normalized spacial score (nSPS) is 13.5. The lowest BCUT2D eigenvalue weighted by Crippen LogP contribution is -2.26. The smallest absolute Gasteiger partial charge is 0.137 e. The van der Waals surface area contributed by atoms with Crippen LogP contribution in [0.2, 0.25) is 0 Å². The Kier molecular flexibility index (Phi) is 4.28. The van der Waals surface area contributed by atoms with Gasteiger partial charge in [-0.05, 0) is 30.0 Å². The summed E-state index contributed by atoms with van der Waals surface area (Å²) in [6.07, 6.45) is 3.49. The molecule has 0 aliphatic carbocycles. The minimum atomic E-state index is -0.467. The van der Waals surface area contributed by atoms with Gasteiger partial charge in [-0.1, -0.05) is 38.1 Å². The Morgan fingerprint density at radius 3 is 2.33 bits per heavy atom. The van der Waals surface area contributed by atoms with Crippen LogP contribution >= 0.6 is 0 Å². The minimum absolute atomic E-state index is 0.256. The summed E-state index contributed by atoms with van der Waals surface area (Å²) in [5, 5.41) is 9.49. The zero-order valence-corrected chi connectivity index (χ0v) is 12.9. The molecule has 3 heteroatoms. The first-order chi connectivity index (χ1) is 10.0. The zero-order valence-electron chi connectivity index (χ0n) is 12.9. The second kappa shape index (κ2) is 5.97. The second-order valence-electron chi connectivity index (χ2n) is 5.66. The third-order valence-electron chi connectivity index (χ3n) is 4.15. The van der Waals surface area contributed by atoms with E-state index in [9.17, 15) is 5.26 Å². The number of pyridine rings is 1. The van der Waals surface area contributed by atoms with E-state index in [1.165, 1.54) is 0 Å². The first kappa shape index (κ1) is 15.1. The highest BCUT2D eigenvalue weighted by molar-refractivity contribution is 5.64. The van der Waals surface area contributed by atoms with Crippen LogP contribution in [0.5, 0.6) is 5.75 Å². The Morgan fingerprint density at radius 2 is 1.81 bits per heavy atom. The van der Waals surface area contributed by atoms with Gasteiger partial charge < -0.3 is 4.74 Å². The summed E-state index contributed by atoms with van der Waals surface area (Å²) >= 11 is 0. The Hall–Kier alpha value is -2.34. The quantitative estimate of drug-likeness (QED) is 0.843. The fraction of sp³-hybridized carbons (Fsp3) is 0.333. The predicted octanol–water partition coefficient (Wildman–Crippen LogP) is 4.19. The monoisotopic (exact) mass is 280 g/mol. The van der Waals surface area contributed by atoms with E-state index in [2.05, 4.69) is 24.9 Å². The molecule has 0 aliphatic rings. The average Bonchev–Trinajstić information content (AvgIpc) is 2.54. The number of rotatable bonds is 4. The van der Waals surface area contributed by atoms with Crippen molar-refractivity contribution in [1.29, 1.82) is 5.26 Å². The third-order valence-corrected chi connectivity index (χ3v) is 4.15. The summed E-state index contributed by atoms with van der Waals surface area (Å²) in [7, 11) is 1.63. The predicted molar refractivity (Wildman–Crippen MR) is 84.0 cm³/mol. The molecule has 0 spiro atoms. The maximum Gasteiger partial charge on any atom is 0.137 e. The SMILES string of the molecule is COc1cncc(-c2ccc(C(C)(C#N)C(C)C)cc2)c1. The molecular formula is C18H20N2O. The summed E-state index contributed by atoms with van der Waals surface area (Å²) in [6.45, 7) is 6.13. The molecule has 0 bridgehead atoms. The van der Waals surface area contributed by atoms with Gasteiger partial charge in [0.15, 0.2) is 0 Å². The largest absolute Gasteiger partial charge is 0.495 e. The Bertz CT molecular complexity index is 656. The van der Waals surface area contributed by atoms with E-state index in [4.69, 9.17) is 4.74 Å². The summed E-state index contributed by atoms with van der Waals surface area (Å²) < 4.78 is 5.20. The van der Waals surface area contributed by atoms with Crippen molar-refractivity contribution in [3.05, 3.63) is 48.3 Å². The molecule has 1 unspecified atom stereocenters. The van der Waals surface area contributed by atoms with Gasteiger partial charge in [0.2, 0.25) is 0 Å². The summed E-state index contributed by atoms with van der Waals surface area (Å²) in [6, 6.07) is 12.5. The van der Waals surface area contributed by atoms with E-state index in [-0.39, 0.29) is 5.92 Å². The van der Waals surface area contributed by atoms with Crippen molar-refractivity contribution in [3.63, 3.8) is 0 Å². The van der Waals surface area contributed by atoms with E-state index in [0.29, 0.717) is 0 Å². The molecule has 0 saturated carbocycles. The van der Waals surface area contributed by atoms with Crippen molar-refractivity contribution >= 4 is 0 Å². The fourth-order valence-electron chi connectivity index (χ4n) is 2.22. The minimum Gasteiger partial charge on any atom is -0.495 e. The number of nitriles is 1. The number of hydrogen-bond acceptors (Lipinski definition) is 3. The standard InChI is InChI=1S/C18H20N2O/c1-13(2)18(3,12-19)16-7-5-14(6-8-16)15-9-17(21-4)11-20-10-15/h5-11,13H,1-4H3. The number of ether oxygens (including phenoxy) is 1.